The van der Waals surface area contributed by atoms with Crippen molar-refractivity contribution in [3.63, 3.8) is 0 Å². The molecule has 1 amide bonds. The third kappa shape index (κ3) is 4.81. The highest BCUT2D eigenvalue weighted by atomic mass is 16.6. The van der Waals surface area contributed by atoms with E-state index in [0.717, 1.165) is 17.7 Å². The van der Waals surface area contributed by atoms with E-state index < -0.39 is 4.92 Å². The van der Waals surface area contributed by atoms with Crippen LogP contribution in [0.25, 0.3) is 0 Å². The molecule has 0 unspecified atom stereocenters. The minimum atomic E-state index is -0.471. The first-order chi connectivity index (χ1) is 12.3. The van der Waals surface area contributed by atoms with Crippen molar-refractivity contribution in [1.29, 1.82) is 0 Å². The van der Waals surface area contributed by atoms with Gasteiger partial charge in [-0.2, -0.15) is 0 Å². The van der Waals surface area contributed by atoms with Crippen LogP contribution in [-0.4, -0.2) is 17.9 Å². The first kappa shape index (κ1) is 19.4. The number of nitrogens with zero attached hydrogens (tertiary/aromatic N) is 1. The van der Waals surface area contributed by atoms with Crippen LogP contribution in [0, 0.1) is 23.0 Å². The number of hydrogen-bond donors (Lipinski definition) is 1. The molecule has 6 heteroatoms. The number of carbonyl (C=O) groups excluding carboxylic acids is 1. The number of benzene rings is 2. The van der Waals surface area contributed by atoms with Crippen molar-refractivity contribution >= 4 is 11.6 Å². The van der Waals surface area contributed by atoms with Crippen LogP contribution in [0.15, 0.2) is 42.5 Å². The maximum atomic E-state index is 12.7. The summed E-state index contributed by atoms with van der Waals surface area (Å²) in [7, 11) is 1.60. The average molecular weight is 356 g/mol. The number of aryl methyl sites for hydroxylation is 1. The van der Waals surface area contributed by atoms with Crippen LogP contribution in [0.5, 0.6) is 5.75 Å². The van der Waals surface area contributed by atoms with Crippen LogP contribution in [-0.2, 0) is 0 Å². The minimum absolute atomic E-state index is 0.0532. The number of methoxy groups -OCH3 is 1. The Balaban J connectivity index is 2.25. The number of amides is 1. The average Bonchev–Trinajstić information content (AvgIpc) is 2.61. The Kier molecular flexibility index (Phi) is 6.33. The number of ether oxygens (including phenoxy) is 1. The smallest absolute Gasteiger partial charge is 0.273 e. The molecule has 2 aromatic rings. The Hall–Kier alpha value is -2.89. The van der Waals surface area contributed by atoms with Crippen molar-refractivity contribution < 1.29 is 14.5 Å². The molecule has 0 aromatic heterocycles. The largest absolute Gasteiger partial charge is 0.497 e. The summed E-state index contributed by atoms with van der Waals surface area (Å²) in [6, 6.07) is 11.9. The lowest BCUT2D eigenvalue weighted by atomic mass is 9.96. The maximum Gasteiger partial charge on any atom is 0.273 e. The van der Waals surface area contributed by atoms with Crippen molar-refractivity contribution in [1.82, 2.24) is 5.32 Å². The predicted molar refractivity (Wildman–Crippen MR) is 100 cm³/mol. The van der Waals surface area contributed by atoms with Crippen LogP contribution < -0.4 is 10.1 Å². The lowest BCUT2D eigenvalue weighted by molar-refractivity contribution is -0.385. The van der Waals surface area contributed by atoms with E-state index >= 15 is 0 Å². The Bertz CT molecular complexity index is 785. The highest BCUT2D eigenvalue weighted by Gasteiger charge is 2.20. The van der Waals surface area contributed by atoms with Crippen molar-refractivity contribution in [3.05, 3.63) is 69.3 Å². The molecule has 6 nitrogen and oxygen atoms in total. The zero-order chi connectivity index (χ0) is 19.3. The van der Waals surface area contributed by atoms with Gasteiger partial charge in [0.15, 0.2) is 0 Å². The van der Waals surface area contributed by atoms with Crippen molar-refractivity contribution in [2.45, 2.75) is 33.2 Å². The number of carbonyl (C=O) groups is 1. The fraction of sp³-hybridized carbons (Fsp3) is 0.350. The highest BCUT2D eigenvalue weighted by molar-refractivity contribution is 5.95. The molecular formula is C20H24N2O4. The van der Waals surface area contributed by atoms with Gasteiger partial charge in [0, 0.05) is 17.2 Å². The van der Waals surface area contributed by atoms with Crippen LogP contribution in [0.3, 0.4) is 0 Å². The molecule has 0 fully saturated rings. The van der Waals surface area contributed by atoms with Gasteiger partial charge < -0.3 is 10.1 Å². The van der Waals surface area contributed by atoms with Gasteiger partial charge in [0.1, 0.15) is 5.75 Å². The fourth-order valence-electron chi connectivity index (χ4n) is 2.77. The molecule has 0 radical (unpaired) electrons. The first-order valence-electron chi connectivity index (χ1n) is 8.51. The zero-order valence-corrected chi connectivity index (χ0v) is 15.5. The second-order valence-electron chi connectivity index (χ2n) is 6.69. The summed E-state index contributed by atoms with van der Waals surface area (Å²) in [5.41, 5.74) is 1.72. The van der Waals surface area contributed by atoms with Gasteiger partial charge in [0.25, 0.3) is 11.6 Å². The van der Waals surface area contributed by atoms with Gasteiger partial charge in [-0.1, -0.05) is 32.0 Å². The Morgan fingerprint density at radius 3 is 2.38 bits per heavy atom. The fourth-order valence-corrected chi connectivity index (χ4v) is 2.77. The van der Waals surface area contributed by atoms with Gasteiger partial charge in [-0.3, -0.25) is 14.9 Å². The lowest BCUT2D eigenvalue weighted by Gasteiger charge is -2.21. The second kappa shape index (κ2) is 8.47. The number of nitro benzene ring substituents is 1. The van der Waals surface area contributed by atoms with E-state index in [1.165, 1.54) is 6.07 Å². The van der Waals surface area contributed by atoms with E-state index in [0.29, 0.717) is 11.5 Å². The van der Waals surface area contributed by atoms with Gasteiger partial charge in [0.2, 0.25) is 0 Å². The standard InChI is InChI=1S/C20H24N2O4/c1-13(2)11-18(15-7-9-17(26-4)10-8-15)21-20(23)16-6-5-14(3)19(12-16)22(24)25/h5-10,12-13,18H,11H2,1-4H3,(H,21,23)/t18-/m0/s1. The van der Waals surface area contributed by atoms with Gasteiger partial charge in [-0.25, -0.2) is 0 Å². The zero-order valence-electron chi connectivity index (χ0n) is 15.5. The summed E-state index contributed by atoms with van der Waals surface area (Å²) in [5.74, 6) is 0.793. The first-order valence-corrected chi connectivity index (χ1v) is 8.51. The molecule has 0 spiro atoms. The molecule has 2 aromatic carbocycles. The van der Waals surface area contributed by atoms with E-state index in [9.17, 15) is 14.9 Å². The van der Waals surface area contributed by atoms with Gasteiger partial charge >= 0.3 is 0 Å². The predicted octanol–water partition coefficient (Wildman–Crippen LogP) is 4.43. The minimum Gasteiger partial charge on any atom is -0.497 e. The molecule has 0 saturated carbocycles. The van der Waals surface area contributed by atoms with Crippen LogP contribution in [0.1, 0.15) is 47.8 Å². The van der Waals surface area contributed by atoms with Crippen LogP contribution >= 0.6 is 0 Å². The summed E-state index contributed by atoms with van der Waals surface area (Å²) < 4.78 is 5.18. The molecule has 1 atom stereocenters. The van der Waals surface area contributed by atoms with E-state index in [-0.39, 0.29) is 23.2 Å². The van der Waals surface area contributed by atoms with E-state index in [2.05, 4.69) is 19.2 Å². The Morgan fingerprint density at radius 2 is 1.85 bits per heavy atom. The Labute approximate surface area is 153 Å². The third-order valence-electron chi connectivity index (χ3n) is 4.20. The maximum absolute atomic E-state index is 12.7. The normalized spacial score (nSPS) is 11.9. The summed E-state index contributed by atoms with van der Waals surface area (Å²) in [6.07, 6.45) is 0.756. The topological polar surface area (TPSA) is 81.5 Å². The van der Waals surface area contributed by atoms with Gasteiger partial charge in [0.05, 0.1) is 18.1 Å². The lowest BCUT2D eigenvalue weighted by Crippen LogP contribution is -2.29. The molecule has 0 saturated heterocycles. The van der Waals surface area contributed by atoms with Gasteiger partial charge in [-0.15, -0.1) is 0 Å². The Morgan fingerprint density at radius 1 is 1.19 bits per heavy atom. The molecule has 0 heterocycles. The molecule has 0 bridgehead atoms. The van der Waals surface area contributed by atoms with E-state index in [4.69, 9.17) is 4.74 Å². The van der Waals surface area contributed by atoms with Crippen molar-refractivity contribution in [2.24, 2.45) is 5.92 Å². The second-order valence-corrected chi connectivity index (χ2v) is 6.69. The summed E-state index contributed by atoms with van der Waals surface area (Å²) in [4.78, 5) is 23.3. The molecule has 26 heavy (non-hydrogen) atoms. The SMILES string of the molecule is COc1ccc([C@H](CC(C)C)NC(=O)c2ccc(C)c([N+](=O)[O-])c2)cc1. The monoisotopic (exact) mass is 356 g/mol. The molecule has 138 valence electrons. The van der Waals surface area contributed by atoms with E-state index in [1.54, 1.807) is 26.2 Å². The quantitative estimate of drug-likeness (QED) is 0.588. The summed E-state index contributed by atoms with van der Waals surface area (Å²) in [5, 5.41) is 14.1. The van der Waals surface area contributed by atoms with E-state index in [1.807, 2.05) is 24.3 Å². The molecule has 0 aliphatic heterocycles. The molecule has 1 N–H and O–H groups in total. The van der Waals surface area contributed by atoms with Crippen LogP contribution in [0.4, 0.5) is 5.69 Å². The number of rotatable bonds is 7. The summed E-state index contributed by atoms with van der Waals surface area (Å²) >= 11 is 0. The van der Waals surface area contributed by atoms with Crippen LogP contribution in [0.2, 0.25) is 0 Å². The molecule has 2 rings (SSSR count). The number of hydrogen-bond acceptors (Lipinski definition) is 4. The van der Waals surface area contributed by atoms with Crippen molar-refractivity contribution in [2.75, 3.05) is 7.11 Å². The number of nitro groups is 1. The highest BCUT2D eigenvalue weighted by Crippen LogP contribution is 2.25. The summed E-state index contributed by atoms with van der Waals surface area (Å²) in [6.45, 7) is 5.82. The van der Waals surface area contributed by atoms with Gasteiger partial charge in [-0.05, 0) is 43.0 Å². The molecular weight excluding hydrogens is 332 g/mol. The molecule has 0 aliphatic rings. The molecule has 0 aliphatic carbocycles. The number of nitrogens with one attached hydrogen (secondary N) is 1. The van der Waals surface area contributed by atoms with Crippen molar-refractivity contribution in [3.8, 4) is 5.75 Å². The third-order valence-corrected chi connectivity index (χ3v) is 4.20.